The Morgan fingerprint density at radius 1 is 1.04 bits per heavy atom. The maximum atomic E-state index is 5.86. The Hall–Kier alpha value is -2.89. The summed E-state index contributed by atoms with van der Waals surface area (Å²) >= 11 is 0. The number of nitrogens with one attached hydrogen (secondary N) is 1. The van der Waals surface area contributed by atoms with E-state index in [0.717, 1.165) is 29.8 Å². The lowest BCUT2D eigenvalue weighted by molar-refractivity contribution is 0.306. The molecule has 0 saturated heterocycles. The number of benzene rings is 2. The lowest BCUT2D eigenvalue weighted by Crippen LogP contribution is -2.08. The number of aromatic nitrogens is 4. The van der Waals surface area contributed by atoms with Crippen LogP contribution in [0.1, 0.15) is 24.5 Å². The monoisotopic (exact) mass is 323 g/mol. The molecule has 2 aromatic carbocycles. The first-order valence-corrected chi connectivity index (χ1v) is 8.11. The van der Waals surface area contributed by atoms with E-state index in [-0.39, 0.29) is 0 Å². The summed E-state index contributed by atoms with van der Waals surface area (Å²) in [6.45, 7) is 4.10. The summed E-state index contributed by atoms with van der Waals surface area (Å²) in [6.07, 6.45) is 0.989. The highest BCUT2D eigenvalue weighted by atomic mass is 16.5. The van der Waals surface area contributed by atoms with Gasteiger partial charge in [-0.05, 0) is 40.1 Å². The average molecular weight is 323 g/mol. The molecule has 3 aromatic rings. The van der Waals surface area contributed by atoms with Crippen LogP contribution in [0, 0.1) is 0 Å². The van der Waals surface area contributed by atoms with E-state index in [2.05, 4.69) is 46.0 Å². The van der Waals surface area contributed by atoms with Crippen LogP contribution in [0.15, 0.2) is 54.6 Å². The molecule has 24 heavy (non-hydrogen) atoms. The molecule has 1 heterocycles. The minimum Gasteiger partial charge on any atom is -0.489 e. The number of aryl methyl sites for hydroxylation is 1. The molecule has 0 radical (unpaired) electrons. The van der Waals surface area contributed by atoms with E-state index in [9.17, 15) is 0 Å². The van der Waals surface area contributed by atoms with E-state index >= 15 is 0 Å². The predicted molar refractivity (Wildman–Crippen MR) is 92.7 cm³/mol. The van der Waals surface area contributed by atoms with E-state index in [4.69, 9.17) is 4.74 Å². The number of tetrazole rings is 1. The SMILES string of the molecule is CCCn1nnnc1NCc1cccc(OCc2ccccc2)c1. The fourth-order valence-corrected chi connectivity index (χ4v) is 2.36. The van der Waals surface area contributed by atoms with Crippen LogP contribution < -0.4 is 10.1 Å². The zero-order chi connectivity index (χ0) is 16.6. The van der Waals surface area contributed by atoms with Crippen molar-refractivity contribution in [1.29, 1.82) is 0 Å². The maximum absolute atomic E-state index is 5.86. The topological polar surface area (TPSA) is 64.9 Å². The Morgan fingerprint density at radius 2 is 1.88 bits per heavy atom. The van der Waals surface area contributed by atoms with Crippen molar-refractivity contribution >= 4 is 5.95 Å². The van der Waals surface area contributed by atoms with Gasteiger partial charge in [0.1, 0.15) is 12.4 Å². The zero-order valence-electron chi connectivity index (χ0n) is 13.7. The van der Waals surface area contributed by atoms with Gasteiger partial charge in [-0.2, -0.15) is 0 Å². The van der Waals surface area contributed by atoms with Crippen molar-refractivity contribution in [3.05, 3.63) is 65.7 Å². The third kappa shape index (κ3) is 4.32. The smallest absolute Gasteiger partial charge is 0.243 e. The molecule has 0 atom stereocenters. The Bertz CT molecular complexity index is 757. The Labute approximate surface area is 141 Å². The molecule has 6 heteroatoms. The molecule has 1 aromatic heterocycles. The average Bonchev–Trinajstić information content (AvgIpc) is 3.07. The molecule has 1 N–H and O–H groups in total. The minimum absolute atomic E-state index is 0.562. The molecule has 124 valence electrons. The summed E-state index contributed by atoms with van der Waals surface area (Å²) in [7, 11) is 0. The third-order valence-corrected chi connectivity index (χ3v) is 3.56. The lowest BCUT2D eigenvalue weighted by Gasteiger charge is -2.09. The maximum Gasteiger partial charge on any atom is 0.243 e. The highest BCUT2D eigenvalue weighted by molar-refractivity contribution is 5.32. The van der Waals surface area contributed by atoms with Crippen molar-refractivity contribution in [2.75, 3.05) is 5.32 Å². The molecular weight excluding hydrogens is 302 g/mol. The van der Waals surface area contributed by atoms with Gasteiger partial charge in [0.2, 0.25) is 5.95 Å². The van der Waals surface area contributed by atoms with Gasteiger partial charge in [0, 0.05) is 13.1 Å². The van der Waals surface area contributed by atoms with Gasteiger partial charge in [-0.25, -0.2) is 4.68 Å². The lowest BCUT2D eigenvalue weighted by atomic mass is 10.2. The molecule has 0 fully saturated rings. The highest BCUT2D eigenvalue weighted by Crippen LogP contribution is 2.16. The number of ether oxygens (including phenoxy) is 1. The first-order valence-electron chi connectivity index (χ1n) is 8.11. The second kappa shape index (κ2) is 8.10. The Balaban J connectivity index is 1.58. The molecule has 0 bridgehead atoms. The quantitative estimate of drug-likeness (QED) is 0.689. The summed E-state index contributed by atoms with van der Waals surface area (Å²) in [4.78, 5) is 0. The standard InChI is InChI=1S/C18H21N5O/c1-2-11-23-18(20-21-22-23)19-13-16-9-6-10-17(12-16)24-14-15-7-4-3-5-8-15/h3-10,12H,2,11,13-14H2,1H3,(H,19,20,22). The largest absolute Gasteiger partial charge is 0.489 e. The second-order valence-corrected chi connectivity index (χ2v) is 5.50. The Morgan fingerprint density at radius 3 is 2.71 bits per heavy atom. The van der Waals surface area contributed by atoms with Gasteiger partial charge < -0.3 is 10.1 Å². The van der Waals surface area contributed by atoms with Crippen LogP contribution in [-0.4, -0.2) is 20.2 Å². The van der Waals surface area contributed by atoms with Crippen molar-refractivity contribution < 1.29 is 4.74 Å². The van der Waals surface area contributed by atoms with Gasteiger partial charge in [0.05, 0.1) is 0 Å². The van der Waals surface area contributed by atoms with Crippen molar-refractivity contribution in [2.24, 2.45) is 0 Å². The minimum atomic E-state index is 0.562. The van der Waals surface area contributed by atoms with Gasteiger partial charge in [0.15, 0.2) is 0 Å². The van der Waals surface area contributed by atoms with E-state index in [1.165, 1.54) is 0 Å². The zero-order valence-corrected chi connectivity index (χ0v) is 13.7. The molecule has 6 nitrogen and oxygen atoms in total. The van der Waals surface area contributed by atoms with Crippen LogP contribution >= 0.6 is 0 Å². The summed E-state index contributed by atoms with van der Waals surface area (Å²) in [5.74, 6) is 1.54. The first kappa shape index (κ1) is 16.0. The van der Waals surface area contributed by atoms with E-state index in [1.54, 1.807) is 4.68 Å². The molecule has 3 rings (SSSR count). The number of hydrogen-bond acceptors (Lipinski definition) is 5. The van der Waals surface area contributed by atoms with E-state index in [0.29, 0.717) is 19.1 Å². The number of rotatable bonds is 8. The number of hydrogen-bond donors (Lipinski definition) is 1. The molecule has 0 aliphatic rings. The normalized spacial score (nSPS) is 10.5. The van der Waals surface area contributed by atoms with Gasteiger partial charge >= 0.3 is 0 Å². The van der Waals surface area contributed by atoms with Crippen molar-refractivity contribution in [3.63, 3.8) is 0 Å². The van der Waals surface area contributed by atoms with Crippen LogP contribution in [0.25, 0.3) is 0 Å². The molecule has 0 aliphatic heterocycles. The van der Waals surface area contributed by atoms with Gasteiger partial charge in [-0.15, -0.1) is 0 Å². The molecule has 0 spiro atoms. The predicted octanol–water partition coefficient (Wildman–Crippen LogP) is 3.27. The van der Waals surface area contributed by atoms with E-state index in [1.807, 2.05) is 36.4 Å². The molecule has 0 amide bonds. The second-order valence-electron chi connectivity index (χ2n) is 5.50. The molecule has 0 aliphatic carbocycles. The van der Waals surface area contributed by atoms with Gasteiger partial charge in [-0.1, -0.05) is 54.5 Å². The van der Waals surface area contributed by atoms with Crippen LogP contribution in [0.3, 0.4) is 0 Å². The Kier molecular flexibility index (Phi) is 5.40. The third-order valence-electron chi connectivity index (χ3n) is 3.56. The van der Waals surface area contributed by atoms with Crippen molar-refractivity contribution in [1.82, 2.24) is 20.2 Å². The summed E-state index contributed by atoms with van der Waals surface area (Å²) in [5, 5.41) is 15.0. The molecular formula is C18H21N5O. The highest BCUT2D eigenvalue weighted by Gasteiger charge is 2.05. The first-order chi connectivity index (χ1) is 11.8. The van der Waals surface area contributed by atoms with Crippen molar-refractivity contribution in [3.8, 4) is 5.75 Å². The van der Waals surface area contributed by atoms with Crippen LogP contribution in [-0.2, 0) is 19.7 Å². The molecule has 0 saturated carbocycles. The molecule has 0 unspecified atom stereocenters. The summed E-state index contributed by atoms with van der Waals surface area (Å²) in [6, 6.07) is 18.2. The summed E-state index contributed by atoms with van der Waals surface area (Å²) < 4.78 is 7.63. The van der Waals surface area contributed by atoms with Gasteiger partial charge in [-0.3, -0.25) is 0 Å². The van der Waals surface area contributed by atoms with E-state index < -0.39 is 0 Å². The number of nitrogens with zero attached hydrogens (tertiary/aromatic N) is 4. The van der Waals surface area contributed by atoms with Crippen molar-refractivity contribution in [2.45, 2.75) is 33.0 Å². The van der Waals surface area contributed by atoms with Crippen LogP contribution in [0.4, 0.5) is 5.95 Å². The van der Waals surface area contributed by atoms with Crippen LogP contribution in [0.2, 0.25) is 0 Å². The van der Waals surface area contributed by atoms with Crippen LogP contribution in [0.5, 0.6) is 5.75 Å². The fourth-order valence-electron chi connectivity index (χ4n) is 2.36. The summed E-state index contributed by atoms with van der Waals surface area (Å²) in [5.41, 5.74) is 2.27. The van der Waals surface area contributed by atoms with Gasteiger partial charge in [0.25, 0.3) is 0 Å². The fraction of sp³-hybridized carbons (Fsp3) is 0.278. The number of anilines is 1.